The molecule has 0 saturated heterocycles. The summed E-state index contributed by atoms with van der Waals surface area (Å²) in [5.74, 6) is -0.235. The maximum absolute atomic E-state index is 12.3. The zero-order chi connectivity index (χ0) is 17.6. The van der Waals surface area contributed by atoms with Crippen molar-refractivity contribution in [2.24, 2.45) is 16.1 Å². The van der Waals surface area contributed by atoms with Gasteiger partial charge in [0.2, 0.25) is 5.88 Å². The molecule has 5 nitrogen and oxygen atoms in total. The van der Waals surface area contributed by atoms with Crippen LogP contribution >= 0.6 is 15.9 Å². The van der Waals surface area contributed by atoms with E-state index < -0.39 is 0 Å². The second kappa shape index (κ2) is 6.11. The first-order valence-electron chi connectivity index (χ1n) is 8.06. The Kier molecular flexibility index (Phi) is 3.92. The Morgan fingerprint density at radius 1 is 1.24 bits per heavy atom. The number of amides is 1. The van der Waals surface area contributed by atoms with Gasteiger partial charge in [0.25, 0.3) is 5.91 Å². The highest BCUT2D eigenvalue weighted by Crippen LogP contribution is 2.48. The van der Waals surface area contributed by atoms with Crippen molar-refractivity contribution in [2.45, 2.75) is 19.3 Å². The van der Waals surface area contributed by atoms with E-state index in [-0.39, 0.29) is 29.3 Å². The summed E-state index contributed by atoms with van der Waals surface area (Å²) in [4.78, 5) is 15.2. The number of carbonyl (C=O) groups is 1. The fourth-order valence-corrected chi connectivity index (χ4v) is 3.66. The van der Waals surface area contributed by atoms with E-state index in [0.29, 0.717) is 0 Å². The third-order valence-electron chi connectivity index (χ3n) is 4.63. The molecule has 2 atom stereocenters. The maximum Gasteiger partial charge on any atom is 0.268 e. The Morgan fingerprint density at radius 2 is 2.00 bits per heavy atom. The predicted octanol–water partition coefficient (Wildman–Crippen LogP) is 5.36. The van der Waals surface area contributed by atoms with Gasteiger partial charge in [0.1, 0.15) is 0 Å². The average molecular weight is 398 g/mol. The molecule has 25 heavy (non-hydrogen) atoms. The number of nitrogens with one attached hydrogen (secondary N) is 1. The first-order valence-corrected chi connectivity index (χ1v) is 8.86. The molecule has 0 unspecified atom stereocenters. The van der Waals surface area contributed by atoms with Gasteiger partial charge in [-0.3, -0.25) is 4.79 Å². The minimum Gasteiger partial charge on any atom is -0.493 e. The number of fused-ring (bicyclic) bond motifs is 1. The molecule has 1 aromatic heterocycles. The van der Waals surface area contributed by atoms with Gasteiger partial charge < -0.3 is 10.1 Å². The number of aromatic hydroxyl groups is 1. The van der Waals surface area contributed by atoms with E-state index in [0.717, 1.165) is 32.9 Å². The van der Waals surface area contributed by atoms with E-state index in [9.17, 15) is 9.90 Å². The Bertz CT molecular complexity index is 995. The van der Waals surface area contributed by atoms with Crippen LogP contribution in [0.25, 0.3) is 10.9 Å². The van der Waals surface area contributed by atoms with Crippen molar-refractivity contribution in [2.75, 3.05) is 0 Å². The van der Waals surface area contributed by atoms with Crippen LogP contribution in [0.15, 0.2) is 57.2 Å². The van der Waals surface area contributed by atoms with Crippen LogP contribution in [0.1, 0.15) is 23.5 Å². The quantitative estimate of drug-likeness (QED) is 0.583. The Labute approximate surface area is 152 Å². The van der Waals surface area contributed by atoms with Crippen molar-refractivity contribution in [3.63, 3.8) is 0 Å². The number of benzene rings is 2. The molecule has 2 N–H and O–H groups in total. The first-order chi connectivity index (χ1) is 12.1. The number of carbonyl (C=O) groups excluding carboxylic acids is 1. The van der Waals surface area contributed by atoms with Gasteiger partial charge in [-0.25, -0.2) is 0 Å². The Balaban J connectivity index is 1.59. The summed E-state index contributed by atoms with van der Waals surface area (Å²) in [6, 6.07) is 13.8. The molecule has 0 radical (unpaired) electrons. The first kappa shape index (κ1) is 16.0. The Morgan fingerprint density at radius 3 is 2.76 bits per heavy atom. The fraction of sp³-hybridized carbons (Fsp3) is 0.211. The van der Waals surface area contributed by atoms with E-state index in [1.165, 1.54) is 0 Å². The van der Waals surface area contributed by atoms with Crippen LogP contribution in [-0.4, -0.2) is 16.0 Å². The van der Waals surface area contributed by atoms with Gasteiger partial charge in [-0.15, -0.1) is 10.2 Å². The zero-order valence-electron chi connectivity index (χ0n) is 13.5. The van der Waals surface area contributed by atoms with Crippen LogP contribution in [0.5, 0.6) is 5.88 Å². The molecule has 1 aliphatic carbocycles. The molecule has 1 fully saturated rings. The molecular weight excluding hydrogens is 382 g/mol. The van der Waals surface area contributed by atoms with Crippen LogP contribution in [0.3, 0.4) is 0 Å². The lowest BCUT2D eigenvalue weighted by Crippen LogP contribution is -1.96. The minimum atomic E-state index is -0.244. The van der Waals surface area contributed by atoms with E-state index >= 15 is 0 Å². The van der Waals surface area contributed by atoms with Crippen LogP contribution in [0, 0.1) is 12.8 Å². The molecule has 2 aromatic carbocycles. The molecule has 1 heterocycles. The highest BCUT2D eigenvalue weighted by Gasteiger charge is 2.44. The van der Waals surface area contributed by atoms with Gasteiger partial charge in [0, 0.05) is 15.8 Å². The number of aryl methyl sites for hydroxylation is 1. The molecule has 126 valence electrons. The summed E-state index contributed by atoms with van der Waals surface area (Å²) in [6.45, 7) is 1.95. The third-order valence-corrected chi connectivity index (χ3v) is 5.66. The predicted molar refractivity (Wildman–Crippen MR) is 99.2 cm³/mol. The zero-order valence-corrected chi connectivity index (χ0v) is 15.1. The van der Waals surface area contributed by atoms with Crippen molar-refractivity contribution in [1.82, 2.24) is 4.98 Å². The lowest BCUT2D eigenvalue weighted by Gasteiger charge is -2.00. The van der Waals surface area contributed by atoms with Crippen molar-refractivity contribution in [3.05, 3.63) is 58.1 Å². The monoisotopic (exact) mass is 397 g/mol. The molecule has 4 rings (SSSR count). The van der Waals surface area contributed by atoms with Crippen molar-refractivity contribution >= 4 is 38.4 Å². The second-order valence-corrected chi connectivity index (χ2v) is 7.13. The standard InChI is InChI=1S/C19H16BrN3O2/c1-10-7-8-14-15(16(10)20)17(19(25)21-14)22-23-18(24)13-9-12(13)11-5-3-2-4-6-11/h2-8,12-13,21,25H,9H2,1H3/t12-,13-/m1/s1. The lowest BCUT2D eigenvalue weighted by atomic mass is 10.1. The summed E-state index contributed by atoms with van der Waals surface area (Å²) in [7, 11) is 0. The number of aromatic amines is 1. The molecule has 1 amide bonds. The molecule has 1 aliphatic rings. The number of hydrogen-bond donors (Lipinski definition) is 2. The highest BCUT2D eigenvalue weighted by molar-refractivity contribution is 9.10. The summed E-state index contributed by atoms with van der Waals surface area (Å²) in [6.07, 6.45) is 0.796. The van der Waals surface area contributed by atoms with Gasteiger partial charge in [-0.05, 0) is 52.4 Å². The summed E-state index contributed by atoms with van der Waals surface area (Å²) < 4.78 is 0.830. The second-order valence-electron chi connectivity index (χ2n) is 6.34. The van der Waals surface area contributed by atoms with Crippen LogP contribution < -0.4 is 0 Å². The molecule has 0 aliphatic heterocycles. The van der Waals surface area contributed by atoms with Gasteiger partial charge in [-0.2, -0.15) is 0 Å². The molecule has 0 bridgehead atoms. The normalized spacial score (nSPS) is 19.6. The fourth-order valence-electron chi connectivity index (χ4n) is 3.13. The van der Waals surface area contributed by atoms with Crippen molar-refractivity contribution in [3.8, 4) is 5.88 Å². The number of aromatic nitrogens is 1. The van der Waals surface area contributed by atoms with Crippen LogP contribution in [0.4, 0.5) is 5.69 Å². The third kappa shape index (κ3) is 2.87. The van der Waals surface area contributed by atoms with Crippen molar-refractivity contribution in [1.29, 1.82) is 0 Å². The summed E-state index contributed by atoms with van der Waals surface area (Å²) >= 11 is 3.52. The van der Waals surface area contributed by atoms with E-state index in [4.69, 9.17) is 0 Å². The minimum absolute atomic E-state index is 0.0896. The van der Waals surface area contributed by atoms with Crippen molar-refractivity contribution < 1.29 is 9.90 Å². The maximum atomic E-state index is 12.3. The number of azo groups is 1. The number of rotatable bonds is 3. The van der Waals surface area contributed by atoms with Gasteiger partial charge in [0.15, 0.2) is 5.69 Å². The smallest absolute Gasteiger partial charge is 0.268 e. The molecule has 6 heteroatoms. The number of halogens is 1. The molecule has 0 spiro atoms. The summed E-state index contributed by atoms with van der Waals surface area (Å²) in [5, 5.41) is 18.8. The average Bonchev–Trinajstić information content (AvgIpc) is 3.35. The number of H-pyrrole nitrogens is 1. The highest BCUT2D eigenvalue weighted by atomic mass is 79.9. The van der Waals surface area contributed by atoms with Gasteiger partial charge in [0.05, 0.1) is 5.52 Å². The van der Waals surface area contributed by atoms with Crippen LogP contribution in [-0.2, 0) is 4.79 Å². The SMILES string of the molecule is Cc1ccc2[nH]c(O)c(N=NC(=O)[C@@H]3C[C@@H]3c3ccccc3)c2c1Br. The van der Waals surface area contributed by atoms with Gasteiger partial charge in [-0.1, -0.05) is 36.4 Å². The number of nitrogens with zero attached hydrogens (tertiary/aromatic N) is 2. The lowest BCUT2D eigenvalue weighted by molar-refractivity contribution is -0.119. The molecule has 1 saturated carbocycles. The van der Waals surface area contributed by atoms with E-state index in [1.54, 1.807) is 0 Å². The number of hydrogen-bond acceptors (Lipinski definition) is 3. The summed E-state index contributed by atoms with van der Waals surface area (Å²) in [5.41, 5.74) is 3.20. The van der Waals surface area contributed by atoms with E-state index in [1.807, 2.05) is 49.4 Å². The largest absolute Gasteiger partial charge is 0.493 e. The Hall–Kier alpha value is -2.47. The molecular formula is C19H16BrN3O2. The van der Waals surface area contributed by atoms with Gasteiger partial charge >= 0.3 is 0 Å². The molecule has 3 aromatic rings. The topological polar surface area (TPSA) is 77.8 Å². The van der Waals surface area contributed by atoms with Crippen LogP contribution in [0.2, 0.25) is 0 Å². The van der Waals surface area contributed by atoms with E-state index in [2.05, 4.69) is 31.1 Å².